The van der Waals surface area contributed by atoms with Crippen molar-refractivity contribution in [1.29, 1.82) is 0 Å². The van der Waals surface area contributed by atoms with Crippen molar-refractivity contribution >= 4 is 27.9 Å². The van der Waals surface area contributed by atoms with E-state index in [1.807, 2.05) is 27.8 Å². The minimum atomic E-state index is 0.0834. The summed E-state index contributed by atoms with van der Waals surface area (Å²) in [5.41, 5.74) is 3.98. The largest absolute Gasteiger partial charge is 0.381 e. The van der Waals surface area contributed by atoms with Crippen LogP contribution in [0.4, 0.5) is 5.69 Å². The lowest BCUT2D eigenvalue weighted by Gasteiger charge is -2.33. The molecule has 1 aromatic carbocycles. The Hall–Kier alpha value is -2.34. The Kier molecular flexibility index (Phi) is 4.91. The molecule has 0 aliphatic carbocycles. The number of benzene rings is 1. The maximum Gasteiger partial charge on any atom is 0.272 e. The lowest BCUT2D eigenvalue weighted by Crippen LogP contribution is -2.45. The Balaban J connectivity index is 1.47. The first-order valence-electron chi connectivity index (χ1n) is 9.61. The number of aromatic nitrogens is 2. The maximum atomic E-state index is 13.2. The summed E-state index contributed by atoms with van der Waals surface area (Å²) in [6, 6.07) is 8.93. The van der Waals surface area contributed by atoms with Crippen molar-refractivity contribution in [3.05, 3.63) is 52.8 Å². The fourth-order valence-corrected chi connectivity index (χ4v) is 4.54. The van der Waals surface area contributed by atoms with E-state index >= 15 is 0 Å². The van der Waals surface area contributed by atoms with Crippen molar-refractivity contribution in [3.63, 3.8) is 0 Å². The maximum absolute atomic E-state index is 13.2. The molecule has 0 radical (unpaired) electrons. The fraction of sp³-hybridized carbons (Fsp3) is 0.429. The molecular weight excluding hydrogens is 356 g/mol. The number of hydrogen-bond donors (Lipinski definition) is 1. The molecule has 6 heteroatoms. The summed E-state index contributed by atoms with van der Waals surface area (Å²) in [4.78, 5) is 20.5. The molecule has 1 saturated heterocycles. The van der Waals surface area contributed by atoms with Crippen LogP contribution in [0.2, 0.25) is 0 Å². The molecule has 1 atom stereocenters. The number of aryl methyl sites for hydroxylation is 1. The number of hydrogen-bond acceptors (Lipinski definition) is 4. The number of nitrogens with one attached hydrogen (secondary N) is 1. The highest BCUT2D eigenvalue weighted by Crippen LogP contribution is 2.23. The van der Waals surface area contributed by atoms with Crippen molar-refractivity contribution in [2.45, 2.75) is 45.6 Å². The molecule has 2 aromatic heterocycles. The predicted molar refractivity (Wildman–Crippen MR) is 111 cm³/mol. The lowest BCUT2D eigenvalue weighted by molar-refractivity contribution is 0.0707. The number of piperidine rings is 1. The van der Waals surface area contributed by atoms with Crippen LogP contribution in [0, 0.1) is 6.92 Å². The van der Waals surface area contributed by atoms with E-state index in [2.05, 4.69) is 48.4 Å². The van der Waals surface area contributed by atoms with Gasteiger partial charge in [0.05, 0.1) is 5.69 Å². The zero-order valence-electron chi connectivity index (χ0n) is 16.1. The topological polar surface area (TPSA) is 49.6 Å². The van der Waals surface area contributed by atoms with E-state index in [-0.39, 0.29) is 11.9 Å². The quantitative estimate of drug-likeness (QED) is 0.720. The number of thiazole rings is 1. The highest BCUT2D eigenvalue weighted by Gasteiger charge is 2.28. The van der Waals surface area contributed by atoms with Crippen LogP contribution in [-0.4, -0.2) is 39.3 Å². The van der Waals surface area contributed by atoms with Gasteiger partial charge in [-0.1, -0.05) is 26.0 Å². The molecule has 142 valence electrons. The third-order valence-corrected chi connectivity index (χ3v) is 6.05. The van der Waals surface area contributed by atoms with Gasteiger partial charge in [0, 0.05) is 36.4 Å². The molecule has 3 aromatic rings. The molecule has 0 unspecified atom stereocenters. The van der Waals surface area contributed by atoms with Gasteiger partial charge in [0.15, 0.2) is 4.96 Å². The second-order valence-corrected chi connectivity index (χ2v) is 8.49. The first kappa shape index (κ1) is 18.0. The fourth-order valence-electron chi connectivity index (χ4n) is 3.78. The molecule has 1 fully saturated rings. The van der Waals surface area contributed by atoms with Crippen molar-refractivity contribution < 1.29 is 4.79 Å². The number of imidazole rings is 1. The number of carbonyl (C=O) groups excluding carboxylic acids is 1. The van der Waals surface area contributed by atoms with Crippen LogP contribution in [0.5, 0.6) is 0 Å². The number of anilines is 1. The van der Waals surface area contributed by atoms with Crippen LogP contribution in [0.15, 0.2) is 35.8 Å². The molecule has 3 heterocycles. The zero-order chi connectivity index (χ0) is 19.0. The minimum absolute atomic E-state index is 0.0834. The average Bonchev–Trinajstić information content (AvgIpc) is 3.22. The van der Waals surface area contributed by atoms with Crippen molar-refractivity contribution in [3.8, 4) is 0 Å². The Morgan fingerprint density at radius 2 is 2.07 bits per heavy atom. The van der Waals surface area contributed by atoms with E-state index in [0.717, 1.165) is 42.3 Å². The van der Waals surface area contributed by atoms with Crippen molar-refractivity contribution in [2.24, 2.45) is 0 Å². The Morgan fingerprint density at radius 1 is 1.30 bits per heavy atom. The van der Waals surface area contributed by atoms with Crippen molar-refractivity contribution in [1.82, 2.24) is 14.3 Å². The summed E-state index contributed by atoms with van der Waals surface area (Å²) >= 11 is 1.56. The molecule has 4 rings (SSSR count). The molecule has 0 spiro atoms. The number of nitrogens with zero attached hydrogens (tertiary/aromatic N) is 3. The molecule has 1 aliphatic rings. The Labute approximate surface area is 164 Å². The van der Waals surface area contributed by atoms with Gasteiger partial charge in [-0.05, 0) is 43.4 Å². The smallest absolute Gasteiger partial charge is 0.272 e. The van der Waals surface area contributed by atoms with Gasteiger partial charge in [-0.2, -0.15) is 0 Å². The monoisotopic (exact) mass is 382 g/mol. The number of rotatable bonds is 4. The molecule has 27 heavy (non-hydrogen) atoms. The number of carbonyl (C=O) groups is 1. The van der Waals surface area contributed by atoms with E-state index in [4.69, 9.17) is 0 Å². The van der Waals surface area contributed by atoms with E-state index in [1.165, 1.54) is 5.56 Å². The summed E-state index contributed by atoms with van der Waals surface area (Å²) in [5.74, 6) is 0.620. The lowest BCUT2D eigenvalue weighted by atomic mass is 10.0. The van der Waals surface area contributed by atoms with Gasteiger partial charge in [0.2, 0.25) is 0 Å². The van der Waals surface area contributed by atoms with Crippen LogP contribution >= 0.6 is 11.3 Å². The normalized spacial score (nSPS) is 17.6. The SMILES string of the molecule is Cc1nc2sccn2c1C(=O)N1CCC[C@H](Nc2ccc(C(C)C)cc2)C1. The Morgan fingerprint density at radius 3 is 2.81 bits per heavy atom. The average molecular weight is 383 g/mol. The summed E-state index contributed by atoms with van der Waals surface area (Å²) in [6.07, 6.45) is 4.02. The first-order valence-corrected chi connectivity index (χ1v) is 10.5. The second-order valence-electron chi connectivity index (χ2n) is 7.61. The minimum Gasteiger partial charge on any atom is -0.381 e. The van der Waals surface area contributed by atoms with Gasteiger partial charge >= 0.3 is 0 Å². The van der Waals surface area contributed by atoms with Gasteiger partial charge in [0.25, 0.3) is 5.91 Å². The summed E-state index contributed by atoms with van der Waals surface area (Å²) < 4.78 is 1.92. The third-order valence-electron chi connectivity index (χ3n) is 5.30. The predicted octanol–water partition coefficient (Wildman–Crippen LogP) is 4.54. The summed E-state index contributed by atoms with van der Waals surface area (Å²) in [5, 5.41) is 5.58. The third kappa shape index (κ3) is 3.58. The first-order chi connectivity index (χ1) is 13.0. The van der Waals surface area contributed by atoms with E-state index < -0.39 is 0 Å². The number of fused-ring (bicyclic) bond motifs is 1. The van der Waals surface area contributed by atoms with Crippen LogP contribution in [-0.2, 0) is 0 Å². The second kappa shape index (κ2) is 7.35. The zero-order valence-corrected chi connectivity index (χ0v) is 16.9. The van der Waals surface area contributed by atoms with Gasteiger partial charge in [-0.3, -0.25) is 9.20 Å². The van der Waals surface area contributed by atoms with E-state index in [1.54, 1.807) is 11.3 Å². The van der Waals surface area contributed by atoms with Gasteiger partial charge in [0.1, 0.15) is 5.69 Å². The van der Waals surface area contributed by atoms with Crippen molar-refractivity contribution in [2.75, 3.05) is 18.4 Å². The molecule has 1 amide bonds. The van der Waals surface area contributed by atoms with Crippen LogP contribution in [0.3, 0.4) is 0 Å². The van der Waals surface area contributed by atoms with Gasteiger partial charge in [-0.25, -0.2) is 4.98 Å². The number of likely N-dealkylation sites (tertiary alicyclic amines) is 1. The Bertz CT molecular complexity index is 941. The van der Waals surface area contributed by atoms with Crippen LogP contribution in [0.25, 0.3) is 4.96 Å². The number of amides is 1. The van der Waals surface area contributed by atoms with E-state index in [0.29, 0.717) is 11.6 Å². The summed E-state index contributed by atoms with van der Waals surface area (Å²) in [7, 11) is 0. The van der Waals surface area contributed by atoms with Gasteiger partial charge in [-0.15, -0.1) is 11.3 Å². The molecule has 0 saturated carbocycles. The van der Waals surface area contributed by atoms with Crippen LogP contribution < -0.4 is 5.32 Å². The standard InChI is InChI=1S/C21H26N4OS/c1-14(2)16-6-8-17(9-7-16)23-18-5-4-10-24(13-18)20(26)19-15(3)22-21-25(19)11-12-27-21/h6-9,11-12,14,18,23H,4-5,10,13H2,1-3H3/t18-/m0/s1. The van der Waals surface area contributed by atoms with Gasteiger partial charge < -0.3 is 10.2 Å². The molecule has 1 N–H and O–H groups in total. The molecule has 1 aliphatic heterocycles. The highest BCUT2D eigenvalue weighted by molar-refractivity contribution is 7.15. The molecular formula is C21H26N4OS. The highest BCUT2D eigenvalue weighted by atomic mass is 32.1. The van der Waals surface area contributed by atoms with Crippen LogP contribution in [0.1, 0.15) is 54.4 Å². The molecule has 0 bridgehead atoms. The van der Waals surface area contributed by atoms with E-state index in [9.17, 15) is 4.79 Å². The molecule has 5 nitrogen and oxygen atoms in total. The summed E-state index contributed by atoms with van der Waals surface area (Å²) in [6.45, 7) is 7.86.